The first-order chi connectivity index (χ1) is 5.91. The van der Waals surface area contributed by atoms with Crippen LogP contribution in [-0.2, 0) is 0 Å². The molecule has 2 rings (SSSR count). The molecule has 0 bridgehead atoms. The number of hydrogen-bond donors (Lipinski definition) is 1. The number of rotatable bonds is 0. The molecule has 1 saturated carbocycles. The molecule has 2 heteroatoms. The van der Waals surface area contributed by atoms with Gasteiger partial charge < -0.3 is 5.32 Å². The summed E-state index contributed by atoms with van der Waals surface area (Å²) >= 11 is 2.24. The summed E-state index contributed by atoms with van der Waals surface area (Å²) in [5.41, 5.74) is 0. The van der Waals surface area contributed by atoms with Crippen LogP contribution in [0.1, 0.15) is 38.5 Å². The van der Waals surface area contributed by atoms with E-state index < -0.39 is 0 Å². The number of thioether (sulfide) groups is 1. The van der Waals surface area contributed by atoms with Crippen molar-refractivity contribution < 1.29 is 0 Å². The Hall–Kier alpha value is 0.310. The quantitative estimate of drug-likeness (QED) is 0.622. The minimum absolute atomic E-state index is 0.696. The number of hydrogen-bond acceptors (Lipinski definition) is 2. The Morgan fingerprint density at radius 2 is 1.75 bits per heavy atom. The molecule has 12 heavy (non-hydrogen) atoms. The molecule has 0 aromatic rings. The van der Waals surface area contributed by atoms with Crippen molar-refractivity contribution in [3.05, 3.63) is 0 Å². The fourth-order valence-electron chi connectivity index (χ4n) is 2.44. The predicted molar refractivity (Wildman–Crippen MR) is 55.8 cm³/mol. The smallest absolute Gasteiger partial charge is 0.0172 e. The normalized spacial score (nSPS) is 30.0. The lowest BCUT2D eigenvalue weighted by Gasteiger charge is -2.35. The molecule has 1 heterocycles. The molecular weight excluding hydrogens is 166 g/mol. The standard InChI is InChI=1S/C10H19NS/c1-2-4-10(5-3-1)6-7-11-8-9-12-10/h11H,1-9H2. The molecule has 2 fully saturated rings. The summed E-state index contributed by atoms with van der Waals surface area (Å²) in [4.78, 5) is 0. The molecule has 1 saturated heterocycles. The molecule has 1 spiro atoms. The Bertz CT molecular complexity index is 131. The van der Waals surface area contributed by atoms with E-state index in [0.29, 0.717) is 4.75 Å². The van der Waals surface area contributed by atoms with E-state index in [1.165, 1.54) is 57.4 Å². The summed E-state index contributed by atoms with van der Waals surface area (Å²) in [5.74, 6) is 1.33. The van der Waals surface area contributed by atoms with Crippen molar-refractivity contribution in [2.75, 3.05) is 18.8 Å². The van der Waals surface area contributed by atoms with Gasteiger partial charge in [-0.3, -0.25) is 0 Å². The Morgan fingerprint density at radius 1 is 0.917 bits per heavy atom. The molecule has 0 aromatic heterocycles. The lowest BCUT2D eigenvalue weighted by molar-refractivity contribution is 0.378. The average Bonchev–Trinajstić information content (AvgIpc) is 2.33. The van der Waals surface area contributed by atoms with Crippen LogP contribution in [0.15, 0.2) is 0 Å². The summed E-state index contributed by atoms with van der Waals surface area (Å²) in [6, 6.07) is 0. The van der Waals surface area contributed by atoms with Gasteiger partial charge in [-0.2, -0.15) is 11.8 Å². The van der Waals surface area contributed by atoms with Crippen LogP contribution in [0, 0.1) is 0 Å². The first kappa shape index (κ1) is 8.89. The molecule has 70 valence electrons. The first-order valence-electron chi connectivity index (χ1n) is 5.26. The van der Waals surface area contributed by atoms with Gasteiger partial charge in [-0.1, -0.05) is 19.3 Å². The first-order valence-corrected chi connectivity index (χ1v) is 6.25. The molecular formula is C10H19NS. The highest BCUT2D eigenvalue weighted by Crippen LogP contribution is 2.42. The molecule has 0 radical (unpaired) electrons. The van der Waals surface area contributed by atoms with Crippen LogP contribution < -0.4 is 5.32 Å². The second-order valence-corrected chi connectivity index (χ2v) is 5.66. The second-order valence-electron chi connectivity index (χ2n) is 4.09. The van der Waals surface area contributed by atoms with Crippen molar-refractivity contribution in [2.24, 2.45) is 0 Å². The summed E-state index contributed by atoms with van der Waals surface area (Å²) in [6.07, 6.45) is 8.83. The lowest BCUT2D eigenvalue weighted by Crippen LogP contribution is -2.29. The second kappa shape index (κ2) is 4.01. The zero-order chi connectivity index (χ0) is 8.28. The van der Waals surface area contributed by atoms with Crippen LogP contribution in [0.4, 0.5) is 0 Å². The molecule has 1 aliphatic heterocycles. The van der Waals surface area contributed by atoms with Gasteiger partial charge >= 0.3 is 0 Å². The fourth-order valence-corrected chi connectivity index (χ4v) is 3.95. The van der Waals surface area contributed by atoms with Gasteiger partial charge in [-0.25, -0.2) is 0 Å². The van der Waals surface area contributed by atoms with Crippen molar-refractivity contribution >= 4 is 11.8 Å². The van der Waals surface area contributed by atoms with Gasteiger partial charge in [-0.05, 0) is 25.8 Å². The Morgan fingerprint density at radius 3 is 2.58 bits per heavy atom. The van der Waals surface area contributed by atoms with Crippen LogP contribution in [-0.4, -0.2) is 23.6 Å². The van der Waals surface area contributed by atoms with Crippen molar-refractivity contribution in [2.45, 2.75) is 43.3 Å². The molecule has 1 aliphatic carbocycles. The average molecular weight is 185 g/mol. The third-order valence-corrected chi connectivity index (χ3v) is 4.84. The van der Waals surface area contributed by atoms with Crippen molar-refractivity contribution in [1.82, 2.24) is 5.32 Å². The molecule has 0 amide bonds. The largest absolute Gasteiger partial charge is 0.316 e. The molecule has 0 unspecified atom stereocenters. The molecule has 1 nitrogen and oxygen atoms in total. The van der Waals surface area contributed by atoms with Gasteiger partial charge in [0, 0.05) is 17.0 Å². The third-order valence-electron chi connectivity index (χ3n) is 3.21. The maximum Gasteiger partial charge on any atom is 0.0172 e. The monoisotopic (exact) mass is 185 g/mol. The van der Waals surface area contributed by atoms with Crippen LogP contribution in [0.25, 0.3) is 0 Å². The van der Waals surface area contributed by atoms with Crippen molar-refractivity contribution in [1.29, 1.82) is 0 Å². The Labute approximate surface area is 79.7 Å². The minimum Gasteiger partial charge on any atom is -0.316 e. The third kappa shape index (κ3) is 1.97. The van der Waals surface area contributed by atoms with Gasteiger partial charge in [0.2, 0.25) is 0 Å². The molecule has 1 N–H and O–H groups in total. The van der Waals surface area contributed by atoms with E-state index in [4.69, 9.17) is 0 Å². The molecule has 0 atom stereocenters. The highest BCUT2D eigenvalue weighted by molar-refractivity contribution is 8.00. The Kier molecular flexibility index (Phi) is 2.97. The maximum atomic E-state index is 3.50. The van der Waals surface area contributed by atoms with Crippen LogP contribution in [0.3, 0.4) is 0 Å². The highest BCUT2D eigenvalue weighted by Gasteiger charge is 2.32. The van der Waals surface area contributed by atoms with E-state index in [1.807, 2.05) is 0 Å². The maximum absolute atomic E-state index is 3.50. The molecule has 0 aromatic carbocycles. The van der Waals surface area contributed by atoms with Gasteiger partial charge in [0.1, 0.15) is 0 Å². The highest BCUT2D eigenvalue weighted by atomic mass is 32.2. The van der Waals surface area contributed by atoms with Gasteiger partial charge in [0.05, 0.1) is 0 Å². The van der Waals surface area contributed by atoms with E-state index in [2.05, 4.69) is 17.1 Å². The van der Waals surface area contributed by atoms with Crippen molar-refractivity contribution in [3.63, 3.8) is 0 Å². The summed E-state index contributed by atoms with van der Waals surface area (Å²) in [6.45, 7) is 2.49. The summed E-state index contributed by atoms with van der Waals surface area (Å²) in [5, 5.41) is 3.50. The van der Waals surface area contributed by atoms with Crippen LogP contribution in [0.2, 0.25) is 0 Å². The predicted octanol–water partition coefficient (Wildman–Crippen LogP) is 2.42. The van der Waals surface area contributed by atoms with Crippen LogP contribution in [0.5, 0.6) is 0 Å². The van der Waals surface area contributed by atoms with E-state index >= 15 is 0 Å². The van der Waals surface area contributed by atoms with Crippen LogP contribution >= 0.6 is 11.8 Å². The number of nitrogens with one attached hydrogen (secondary N) is 1. The molecule has 2 aliphatic rings. The minimum atomic E-state index is 0.696. The van der Waals surface area contributed by atoms with E-state index in [1.54, 1.807) is 0 Å². The SMILES string of the molecule is C1CCC2(CC1)CCNCCS2. The fraction of sp³-hybridized carbons (Fsp3) is 1.00. The van der Waals surface area contributed by atoms with Gasteiger partial charge in [0.15, 0.2) is 0 Å². The van der Waals surface area contributed by atoms with Gasteiger partial charge in [-0.15, -0.1) is 0 Å². The van der Waals surface area contributed by atoms with E-state index in [0.717, 1.165) is 0 Å². The lowest BCUT2D eigenvalue weighted by atomic mass is 9.86. The zero-order valence-electron chi connectivity index (χ0n) is 7.77. The Balaban J connectivity index is 1.95. The summed E-state index contributed by atoms with van der Waals surface area (Å²) in [7, 11) is 0. The van der Waals surface area contributed by atoms with Crippen molar-refractivity contribution in [3.8, 4) is 0 Å². The zero-order valence-corrected chi connectivity index (χ0v) is 8.59. The van der Waals surface area contributed by atoms with E-state index in [-0.39, 0.29) is 0 Å². The van der Waals surface area contributed by atoms with E-state index in [9.17, 15) is 0 Å². The van der Waals surface area contributed by atoms with Gasteiger partial charge in [0.25, 0.3) is 0 Å². The topological polar surface area (TPSA) is 12.0 Å². The summed E-state index contributed by atoms with van der Waals surface area (Å²) < 4.78 is 0.696.